The van der Waals surface area contributed by atoms with Crippen LogP contribution in [0.3, 0.4) is 0 Å². The van der Waals surface area contributed by atoms with Crippen LogP contribution in [0.1, 0.15) is 23.1 Å². The molecule has 31 heavy (non-hydrogen) atoms. The molecule has 0 saturated carbocycles. The Morgan fingerprint density at radius 3 is 2.94 bits per heavy atom. The second kappa shape index (κ2) is 5.21. The molecular weight excluding hydrogens is 402 g/mol. The molecule has 8 rings (SSSR count). The largest absolute Gasteiger partial charge is 0.286 e. The van der Waals surface area contributed by atoms with Gasteiger partial charge >= 0.3 is 0 Å². The number of fused-ring (bicyclic) bond motifs is 8. The molecule has 5 aliphatic heterocycles. The lowest BCUT2D eigenvalue weighted by atomic mass is 9.77. The Labute approximate surface area is 175 Å². The van der Waals surface area contributed by atoms with Gasteiger partial charge in [0.2, 0.25) is 18.2 Å². The van der Waals surface area contributed by atoms with E-state index in [0.717, 1.165) is 23.5 Å². The summed E-state index contributed by atoms with van der Waals surface area (Å²) in [5, 5.41) is 4.88. The van der Waals surface area contributed by atoms with E-state index in [-0.39, 0.29) is 17.8 Å². The fourth-order valence-corrected chi connectivity index (χ4v) is 6.17. The molecule has 10 heteroatoms. The van der Waals surface area contributed by atoms with Crippen molar-refractivity contribution >= 4 is 12.0 Å². The Morgan fingerprint density at radius 2 is 2.10 bits per heavy atom. The Morgan fingerprint density at radius 1 is 1.23 bits per heavy atom. The average Bonchev–Trinajstić information content (AvgIpc) is 3.22. The van der Waals surface area contributed by atoms with Crippen LogP contribution in [0.15, 0.2) is 54.4 Å². The highest BCUT2D eigenvalue weighted by atomic mass is 19.1. The third-order valence-corrected chi connectivity index (χ3v) is 7.13. The molecule has 3 aromatic heterocycles. The molecule has 0 aliphatic carbocycles. The van der Waals surface area contributed by atoms with Gasteiger partial charge in [0, 0.05) is 11.8 Å². The molecule has 0 aromatic carbocycles. The zero-order valence-electron chi connectivity index (χ0n) is 16.5. The summed E-state index contributed by atoms with van der Waals surface area (Å²) in [4.78, 5) is 16.4. The Hall–Kier alpha value is -3.50. The Balaban J connectivity index is 1.62. The van der Waals surface area contributed by atoms with Crippen LogP contribution in [0.5, 0.6) is 0 Å². The van der Waals surface area contributed by atoms with E-state index in [1.54, 1.807) is 12.5 Å². The molecule has 1 fully saturated rings. The topological polar surface area (TPSA) is 67.8 Å². The van der Waals surface area contributed by atoms with Crippen molar-refractivity contribution in [3.63, 3.8) is 0 Å². The van der Waals surface area contributed by atoms with Gasteiger partial charge in [0.15, 0.2) is 5.69 Å². The quantitative estimate of drug-likeness (QED) is 0.241. The molecule has 0 amide bonds. The van der Waals surface area contributed by atoms with Gasteiger partial charge in [-0.2, -0.15) is 18.2 Å². The SMILES string of the molecule is C=C1C2C(c3ccncc3[N+]34C[N+](C)(C=N3)C14)c1cc(F)nc(F)c1-c1ncnc[n+]12. The number of pyridine rings is 2. The summed E-state index contributed by atoms with van der Waals surface area (Å²) in [5.74, 6) is -1.79. The van der Waals surface area contributed by atoms with Crippen LogP contribution in [0, 0.1) is 11.9 Å². The van der Waals surface area contributed by atoms with Crippen molar-refractivity contribution in [3.05, 3.63) is 72.4 Å². The highest BCUT2D eigenvalue weighted by molar-refractivity contribution is 5.69. The number of hydrogen-bond acceptors (Lipinski definition) is 5. The van der Waals surface area contributed by atoms with Gasteiger partial charge in [0.1, 0.15) is 11.6 Å². The van der Waals surface area contributed by atoms with E-state index in [0.29, 0.717) is 20.5 Å². The summed E-state index contributed by atoms with van der Waals surface area (Å²) in [5.41, 5.74) is 3.45. The smallest absolute Gasteiger partial charge is 0.258 e. The molecule has 0 N–H and O–H groups in total. The molecule has 5 unspecified atom stereocenters. The fourth-order valence-electron chi connectivity index (χ4n) is 6.17. The van der Waals surface area contributed by atoms with E-state index >= 15 is 4.39 Å². The first-order chi connectivity index (χ1) is 14.9. The molecule has 2 bridgehead atoms. The summed E-state index contributed by atoms with van der Waals surface area (Å²) < 4.78 is 32.2. The molecule has 5 aliphatic rings. The van der Waals surface area contributed by atoms with Gasteiger partial charge in [0.05, 0.1) is 24.7 Å². The molecule has 152 valence electrons. The number of hydrogen-bond donors (Lipinski definition) is 0. The number of quaternary nitrogens is 2. The minimum Gasteiger partial charge on any atom is -0.258 e. The first kappa shape index (κ1) is 17.2. The molecule has 5 atom stereocenters. The van der Waals surface area contributed by atoms with Gasteiger partial charge in [0.25, 0.3) is 31.3 Å². The molecular formula is C21H17F2N8+3. The standard InChI is InChI=1S/C21H17F2N8/c1-11-18-16(12-3-4-24-6-14(12)31-10-30(2,9-27-31)21(11)31)13-5-15(22)28-19(23)17(13)20-26-7-25-8-29(18)20/h3-9,16,18,21H,1,10H2,2H3/q+3. The van der Waals surface area contributed by atoms with E-state index in [4.69, 9.17) is 5.10 Å². The van der Waals surface area contributed by atoms with E-state index in [9.17, 15) is 4.39 Å². The van der Waals surface area contributed by atoms with Crippen molar-refractivity contribution in [3.8, 4) is 11.4 Å². The second-order valence-corrected chi connectivity index (χ2v) is 8.79. The third kappa shape index (κ3) is 1.82. The minimum atomic E-state index is -0.885. The van der Waals surface area contributed by atoms with Crippen molar-refractivity contribution in [1.82, 2.24) is 24.5 Å². The average molecular weight is 419 g/mol. The monoisotopic (exact) mass is 419 g/mol. The lowest BCUT2D eigenvalue weighted by Gasteiger charge is -2.48. The van der Waals surface area contributed by atoms with Crippen LogP contribution >= 0.6 is 0 Å². The highest BCUT2D eigenvalue weighted by Crippen LogP contribution is 2.58. The Kier molecular flexibility index (Phi) is 2.89. The fraction of sp³-hybridized carbons (Fsp3) is 0.238. The maximum absolute atomic E-state index is 15.0. The van der Waals surface area contributed by atoms with Crippen LogP contribution in [0.4, 0.5) is 14.5 Å². The number of aromatic nitrogens is 5. The predicted octanol–water partition coefficient (Wildman–Crippen LogP) is 1.76. The van der Waals surface area contributed by atoms with Gasteiger partial charge in [-0.05, 0) is 22.8 Å². The van der Waals surface area contributed by atoms with E-state index < -0.39 is 17.8 Å². The van der Waals surface area contributed by atoms with E-state index in [2.05, 4.69) is 33.6 Å². The van der Waals surface area contributed by atoms with Crippen LogP contribution in [-0.4, -0.2) is 50.6 Å². The minimum absolute atomic E-state index is 0.0587. The summed E-state index contributed by atoms with van der Waals surface area (Å²) >= 11 is 0. The van der Waals surface area contributed by atoms with Gasteiger partial charge in [-0.3, -0.25) is 4.98 Å². The Bertz CT molecular complexity index is 1370. The third-order valence-electron chi connectivity index (χ3n) is 7.13. The lowest BCUT2D eigenvalue weighted by Crippen LogP contribution is -2.79. The van der Waals surface area contributed by atoms with Crippen LogP contribution in [0.2, 0.25) is 0 Å². The van der Waals surface area contributed by atoms with Gasteiger partial charge < -0.3 is 0 Å². The maximum Gasteiger partial charge on any atom is 0.286 e. The molecule has 3 aromatic rings. The molecule has 8 heterocycles. The highest BCUT2D eigenvalue weighted by Gasteiger charge is 2.76. The first-order valence-electron chi connectivity index (χ1n) is 9.95. The van der Waals surface area contributed by atoms with Crippen molar-refractivity contribution in [2.45, 2.75) is 18.1 Å². The van der Waals surface area contributed by atoms with Gasteiger partial charge in [-0.1, -0.05) is 21.1 Å². The number of nitrogens with zero attached hydrogens (tertiary/aromatic N) is 8. The summed E-state index contributed by atoms with van der Waals surface area (Å²) in [7, 11) is 2.12. The van der Waals surface area contributed by atoms with E-state index in [1.165, 1.54) is 12.4 Å². The van der Waals surface area contributed by atoms with E-state index in [1.807, 2.05) is 23.2 Å². The molecule has 1 spiro atoms. The van der Waals surface area contributed by atoms with Crippen molar-refractivity contribution < 1.29 is 17.8 Å². The maximum atomic E-state index is 15.0. The number of rotatable bonds is 0. The molecule has 1 saturated heterocycles. The summed E-state index contributed by atoms with van der Waals surface area (Å²) in [6.07, 6.45) is 8.43. The number of likely N-dealkylation sites (N-methyl/N-ethyl adjacent to an activating group) is 1. The number of halogens is 2. The zero-order valence-corrected chi connectivity index (χ0v) is 16.5. The summed E-state index contributed by atoms with van der Waals surface area (Å²) in [6, 6.07) is 2.90. The molecule has 0 radical (unpaired) electrons. The molecule has 8 nitrogen and oxygen atoms in total. The van der Waals surface area contributed by atoms with Crippen molar-refractivity contribution in [2.24, 2.45) is 5.10 Å². The van der Waals surface area contributed by atoms with Crippen LogP contribution in [-0.2, 0) is 0 Å². The van der Waals surface area contributed by atoms with Gasteiger partial charge in [-0.15, -0.1) is 0 Å². The predicted molar refractivity (Wildman–Crippen MR) is 105 cm³/mol. The van der Waals surface area contributed by atoms with Crippen LogP contribution in [0.25, 0.3) is 11.4 Å². The normalized spacial score (nSPS) is 33.4. The lowest BCUT2D eigenvalue weighted by molar-refractivity contribution is -0.903. The first-order valence-corrected chi connectivity index (χ1v) is 9.95. The van der Waals surface area contributed by atoms with Gasteiger partial charge in [-0.25, -0.2) is 4.57 Å². The summed E-state index contributed by atoms with van der Waals surface area (Å²) in [6.45, 7) is 5.26. The van der Waals surface area contributed by atoms with Crippen LogP contribution < -0.4 is 9.16 Å². The second-order valence-electron chi connectivity index (χ2n) is 8.79. The zero-order chi connectivity index (χ0) is 21.1. The van der Waals surface area contributed by atoms with Crippen molar-refractivity contribution in [1.29, 1.82) is 0 Å². The van der Waals surface area contributed by atoms with Crippen molar-refractivity contribution in [2.75, 3.05) is 13.7 Å².